The summed E-state index contributed by atoms with van der Waals surface area (Å²) in [6, 6.07) is 9.94. The number of ether oxygens (including phenoxy) is 1. The van der Waals surface area contributed by atoms with E-state index in [0.717, 1.165) is 0 Å². The molecule has 3 rings (SSSR count). The van der Waals surface area contributed by atoms with Gasteiger partial charge in [0.05, 0.1) is 16.1 Å². The number of Topliss-reactive ketones (excluding diaryl/α,β-unsaturated/α-hetero) is 1. The van der Waals surface area contributed by atoms with E-state index in [2.05, 4.69) is 0 Å². The molecule has 2 unspecified atom stereocenters. The average Bonchev–Trinajstić information content (AvgIpc) is 2.54. The highest BCUT2D eigenvalue weighted by Crippen LogP contribution is 2.39. The van der Waals surface area contributed by atoms with Crippen LogP contribution < -0.4 is 4.74 Å². The summed E-state index contributed by atoms with van der Waals surface area (Å²) in [5.41, 5.74) is -0.220. The van der Waals surface area contributed by atoms with Crippen molar-refractivity contribution >= 4 is 11.5 Å². The van der Waals surface area contributed by atoms with Gasteiger partial charge in [0.15, 0.2) is 0 Å². The highest BCUT2D eigenvalue weighted by atomic mass is 16.6. The summed E-state index contributed by atoms with van der Waals surface area (Å²) in [5, 5.41) is 22.5. The molecule has 2 atom stereocenters. The van der Waals surface area contributed by atoms with Crippen LogP contribution in [0.1, 0.15) is 22.0 Å². The molecular formula is C15H10N2O6. The fraction of sp³-hybridized carbons (Fsp3) is 0.133. The molecule has 1 aliphatic rings. The maximum atomic E-state index is 12.4. The zero-order chi connectivity index (χ0) is 16.6. The molecule has 0 amide bonds. The van der Waals surface area contributed by atoms with Crippen molar-refractivity contribution < 1.29 is 19.4 Å². The molecule has 2 aromatic carbocycles. The van der Waals surface area contributed by atoms with E-state index in [1.165, 1.54) is 36.4 Å². The van der Waals surface area contributed by atoms with Gasteiger partial charge in [-0.15, -0.1) is 0 Å². The van der Waals surface area contributed by atoms with Crippen molar-refractivity contribution in [1.29, 1.82) is 0 Å². The van der Waals surface area contributed by atoms with Crippen LogP contribution in [0, 0.1) is 20.2 Å². The summed E-state index contributed by atoms with van der Waals surface area (Å²) in [7, 11) is 0. The number of fused-ring (bicyclic) bond motifs is 1. The number of hydrogen-bond donors (Lipinski definition) is 0. The highest BCUT2D eigenvalue weighted by Gasteiger charge is 2.48. The van der Waals surface area contributed by atoms with E-state index >= 15 is 0 Å². The Balaban J connectivity index is 2.17. The lowest BCUT2D eigenvalue weighted by Gasteiger charge is -2.27. The SMILES string of the molecule is O=C1c2ccccc2OC(c2ccccc2[N+](=O)[O-])C1[N+](=O)[O-]. The van der Waals surface area contributed by atoms with Gasteiger partial charge in [0.25, 0.3) is 5.69 Å². The van der Waals surface area contributed by atoms with Crippen LogP contribution in [0.2, 0.25) is 0 Å². The molecule has 1 heterocycles. The largest absolute Gasteiger partial charge is 0.477 e. The molecule has 0 saturated carbocycles. The number of nitro benzene ring substituents is 1. The normalized spacial score (nSPS) is 19.6. The summed E-state index contributed by atoms with van der Waals surface area (Å²) in [4.78, 5) is 33.6. The lowest BCUT2D eigenvalue weighted by atomic mass is 9.91. The molecule has 0 aromatic heterocycles. The molecule has 0 radical (unpaired) electrons. The Morgan fingerprint density at radius 2 is 1.61 bits per heavy atom. The summed E-state index contributed by atoms with van der Waals surface area (Å²) in [5.74, 6) is -0.543. The first-order valence-corrected chi connectivity index (χ1v) is 6.67. The summed E-state index contributed by atoms with van der Waals surface area (Å²) in [6.45, 7) is 0. The average molecular weight is 314 g/mol. The van der Waals surface area contributed by atoms with Crippen LogP contribution >= 0.6 is 0 Å². The number of carbonyl (C=O) groups excluding carboxylic acids is 1. The first kappa shape index (κ1) is 14.6. The van der Waals surface area contributed by atoms with Gasteiger partial charge in [-0.25, -0.2) is 0 Å². The standard InChI is InChI=1S/C15H10N2O6/c18-14-10-6-2-4-8-12(10)23-15(13(14)17(21)22)9-5-1-3-7-11(9)16(19)20/h1-8,13,15H. The van der Waals surface area contributed by atoms with E-state index < -0.39 is 27.8 Å². The third kappa shape index (κ3) is 2.39. The zero-order valence-corrected chi connectivity index (χ0v) is 11.6. The van der Waals surface area contributed by atoms with Gasteiger partial charge in [0, 0.05) is 11.0 Å². The van der Waals surface area contributed by atoms with Crippen molar-refractivity contribution in [3.63, 3.8) is 0 Å². The van der Waals surface area contributed by atoms with Crippen LogP contribution in [0.5, 0.6) is 5.75 Å². The van der Waals surface area contributed by atoms with Gasteiger partial charge in [-0.2, -0.15) is 0 Å². The van der Waals surface area contributed by atoms with Gasteiger partial charge < -0.3 is 4.74 Å². The van der Waals surface area contributed by atoms with Crippen LogP contribution in [0.4, 0.5) is 5.69 Å². The third-order valence-corrected chi connectivity index (χ3v) is 3.63. The highest BCUT2D eigenvalue weighted by molar-refractivity contribution is 6.03. The van der Waals surface area contributed by atoms with Crippen molar-refractivity contribution in [3.8, 4) is 5.75 Å². The second kappa shape index (κ2) is 5.48. The number of nitrogens with zero attached hydrogens (tertiary/aromatic N) is 2. The molecule has 1 aliphatic heterocycles. The van der Waals surface area contributed by atoms with Gasteiger partial charge in [0.2, 0.25) is 11.9 Å². The van der Waals surface area contributed by atoms with Crippen molar-refractivity contribution in [2.24, 2.45) is 0 Å². The number of nitro groups is 2. The van der Waals surface area contributed by atoms with Crippen molar-refractivity contribution in [2.45, 2.75) is 12.1 Å². The maximum absolute atomic E-state index is 12.4. The van der Waals surface area contributed by atoms with Crippen LogP contribution in [-0.4, -0.2) is 21.7 Å². The molecule has 0 fully saturated rings. The second-order valence-electron chi connectivity index (χ2n) is 4.94. The van der Waals surface area contributed by atoms with E-state index in [1.807, 2.05) is 0 Å². The Hall–Kier alpha value is -3.29. The van der Waals surface area contributed by atoms with Crippen LogP contribution in [-0.2, 0) is 0 Å². The number of ketones is 1. The van der Waals surface area contributed by atoms with E-state index in [1.54, 1.807) is 12.1 Å². The van der Waals surface area contributed by atoms with Crippen LogP contribution in [0.25, 0.3) is 0 Å². The third-order valence-electron chi connectivity index (χ3n) is 3.63. The fourth-order valence-corrected chi connectivity index (χ4v) is 2.61. The number of carbonyl (C=O) groups is 1. The number of hydrogen-bond acceptors (Lipinski definition) is 6. The Bertz CT molecular complexity index is 819. The number of rotatable bonds is 3. The van der Waals surface area contributed by atoms with Gasteiger partial charge in [-0.3, -0.25) is 25.0 Å². The van der Waals surface area contributed by atoms with Crippen LogP contribution in [0.3, 0.4) is 0 Å². The molecule has 0 spiro atoms. The molecule has 0 saturated heterocycles. The quantitative estimate of drug-likeness (QED) is 0.635. The summed E-state index contributed by atoms with van der Waals surface area (Å²) < 4.78 is 5.59. The topological polar surface area (TPSA) is 113 Å². The first-order chi connectivity index (χ1) is 11.0. The number of benzene rings is 2. The molecule has 8 nitrogen and oxygen atoms in total. The minimum atomic E-state index is -1.73. The van der Waals surface area contributed by atoms with E-state index in [0.29, 0.717) is 0 Å². The predicted molar refractivity (Wildman–Crippen MR) is 78.0 cm³/mol. The minimum Gasteiger partial charge on any atom is -0.477 e. The van der Waals surface area contributed by atoms with Gasteiger partial charge in [-0.05, 0) is 18.2 Å². The monoisotopic (exact) mass is 314 g/mol. The Labute approximate surface area is 129 Å². The van der Waals surface area contributed by atoms with E-state index in [9.17, 15) is 25.0 Å². The van der Waals surface area contributed by atoms with Crippen LogP contribution in [0.15, 0.2) is 48.5 Å². The maximum Gasteiger partial charge on any atom is 0.315 e. The van der Waals surface area contributed by atoms with Gasteiger partial charge in [-0.1, -0.05) is 24.3 Å². The van der Waals surface area contributed by atoms with Crippen molar-refractivity contribution in [2.75, 3.05) is 0 Å². The molecule has 23 heavy (non-hydrogen) atoms. The molecule has 116 valence electrons. The first-order valence-electron chi connectivity index (χ1n) is 6.67. The predicted octanol–water partition coefficient (Wildman–Crippen LogP) is 2.56. The molecule has 0 N–H and O–H groups in total. The molecule has 8 heteroatoms. The van der Waals surface area contributed by atoms with Gasteiger partial charge in [0.1, 0.15) is 5.75 Å². The molecule has 2 aromatic rings. The fourth-order valence-electron chi connectivity index (χ4n) is 2.61. The van der Waals surface area contributed by atoms with Gasteiger partial charge >= 0.3 is 6.04 Å². The van der Waals surface area contributed by atoms with Crippen molar-refractivity contribution in [1.82, 2.24) is 0 Å². The van der Waals surface area contributed by atoms with E-state index in [4.69, 9.17) is 4.74 Å². The Kier molecular flexibility index (Phi) is 3.49. The lowest BCUT2D eigenvalue weighted by molar-refractivity contribution is -0.517. The molecule has 0 bridgehead atoms. The number of para-hydroxylation sites is 2. The Morgan fingerprint density at radius 1 is 0.957 bits per heavy atom. The van der Waals surface area contributed by atoms with Crippen molar-refractivity contribution in [3.05, 3.63) is 79.9 Å². The van der Waals surface area contributed by atoms with E-state index in [-0.39, 0.29) is 22.6 Å². The lowest BCUT2D eigenvalue weighted by Crippen LogP contribution is -2.42. The summed E-state index contributed by atoms with van der Waals surface area (Å²) >= 11 is 0. The zero-order valence-electron chi connectivity index (χ0n) is 11.6. The summed E-state index contributed by atoms with van der Waals surface area (Å²) in [6.07, 6.45) is -1.35. The molecular weight excluding hydrogens is 304 g/mol. The molecule has 0 aliphatic carbocycles. The minimum absolute atomic E-state index is 0.00190. The second-order valence-corrected chi connectivity index (χ2v) is 4.94. The Morgan fingerprint density at radius 3 is 2.30 bits per heavy atom. The smallest absolute Gasteiger partial charge is 0.315 e.